The smallest absolute Gasteiger partial charge is 0.407 e. The van der Waals surface area contributed by atoms with Gasteiger partial charge in [0.15, 0.2) is 0 Å². The monoisotopic (exact) mass is 701 g/mol. The van der Waals surface area contributed by atoms with Crippen LogP contribution in [0.25, 0.3) is 0 Å². The first-order chi connectivity index (χ1) is 22.2. The maximum atomic E-state index is 13.1. The van der Waals surface area contributed by atoms with E-state index in [9.17, 15) is 44.1 Å². The Kier molecular flexibility index (Phi) is 14.5. The Morgan fingerprint density at radius 2 is 1.26 bits per heavy atom. The molecule has 260 valence electrons. The molecule has 5 amide bonds. The lowest BCUT2D eigenvalue weighted by Crippen LogP contribution is -2.50. The zero-order valence-corrected chi connectivity index (χ0v) is 27.7. The number of anilines is 1. The Hall–Kier alpha value is -3.70. The number of nitrogens with zero attached hydrogens (tertiary/aromatic N) is 6. The molecular weight excluding hydrogens is 661 g/mol. The number of carbonyl (C=O) groups excluding carboxylic acids is 3. The van der Waals surface area contributed by atoms with Crippen LogP contribution < -0.4 is 10.2 Å². The van der Waals surface area contributed by atoms with Crippen LogP contribution >= 0.6 is 23.2 Å². The summed E-state index contributed by atoms with van der Waals surface area (Å²) in [6.07, 6.45) is -0.138. The maximum absolute atomic E-state index is 13.1. The summed E-state index contributed by atoms with van der Waals surface area (Å²) in [4.78, 5) is 82.0. The van der Waals surface area contributed by atoms with Gasteiger partial charge in [-0.1, -0.05) is 23.2 Å². The molecule has 47 heavy (non-hydrogen) atoms. The Morgan fingerprint density at radius 1 is 0.766 bits per heavy atom. The second kappa shape index (κ2) is 18.0. The predicted octanol–water partition coefficient (Wildman–Crippen LogP) is 1.12. The van der Waals surface area contributed by atoms with Crippen molar-refractivity contribution in [3.05, 3.63) is 28.2 Å². The summed E-state index contributed by atoms with van der Waals surface area (Å²) in [7, 11) is 0. The number of nitrogens with one attached hydrogen (secondary N) is 1. The lowest BCUT2D eigenvalue weighted by atomic mass is 10.2. The van der Waals surface area contributed by atoms with Gasteiger partial charge in [-0.2, -0.15) is 0 Å². The molecular formula is C29H41Cl2N7O9. The molecule has 0 radical (unpaired) electrons. The average molecular weight is 703 g/mol. The molecule has 3 rings (SSSR count). The third-order valence-corrected chi connectivity index (χ3v) is 8.36. The highest BCUT2D eigenvalue weighted by Gasteiger charge is 2.43. The number of carbonyl (C=O) groups is 6. The van der Waals surface area contributed by atoms with Gasteiger partial charge in [0.2, 0.25) is 5.91 Å². The second-order valence-corrected chi connectivity index (χ2v) is 12.3. The Morgan fingerprint density at radius 3 is 1.74 bits per heavy atom. The summed E-state index contributed by atoms with van der Waals surface area (Å²) >= 11 is 12.1. The molecule has 2 aliphatic heterocycles. The molecule has 1 aromatic rings. The Labute approximate surface area is 282 Å². The second-order valence-electron chi connectivity index (χ2n) is 11.4. The number of imide groups is 1. The van der Waals surface area contributed by atoms with E-state index in [-0.39, 0.29) is 84.4 Å². The number of urea groups is 1. The SMILES string of the molecule is C[C@@H]1C(=O)N(c2cc(Cl)cc(Cl)c2)C(=O)N1CCCCNC(=O)CN1CCN(CC(=O)O)CCN(CC(=O)O)CCN(C(=O)O)CC1. The maximum Gasteiger partial charge on any atom is 0.407 e. The number of amides is 5. The van der Waals surface area contributed by atoms with E-state index in [1.165, 1.54) is 28.0 Å². The third kappa shape index (κ3) is 11.8. The lowest BCUT2D eigenvalue weighted by Gasteiger charge is -2.32. The van der Waals surface area contributed by atoms with Crippen LogP contribution in [-0.2, 0) is 19.2 Å². The number of halogens is 2. The van der Waals surface area contributed by atoms with Crippen molar-refractivity contribution < 1.29 is 44.1 Å². The number of hydrogen-bond donors (Lipinski definition) is 4. The normalized spacial score (nSPS) is 19.4. The number of benzene rings is 1. The lowest BCUT2D eigenvalue weighted by molar-refractivity contribution is -0.140. The zero-order valence-electron chi connectivity index (χ0n) is 26.1. The fourth-order valence-electron chi connectivity index (χ4n) is 5.38. The number of carboxylic acid groups (broad SMARTS) is 3. The van der Waals surface area contributed by atoms with Gasteiger partial charge in [0.05, 0.1) is 25.3 Å². The van der Waals surface area contributed by atoms with Crippen LogP contribution in [-0.4, -0.2) is 167 Å². The highest BCUT2D eigenvalue weighted by Crippen LogP contribution is 2.30. The number of carboxylic acids is 2. The van der Waals surface area contributed by atoms with E-state index in [0.717, 1.165) is 4.90 Å². The van der Waals surface area contributed by atoms with Crippen molar-refractivity contribution >= 4 is 64.8 Å². The molecule has 0 spiro atoms. The molecule has 2 heterocycles. The van der Waals surface area contributed by atoms with Crippen LogP contribution in [0.1, 0.15) is 19.8 Å². The predicted molar refractivity (Wildman–Crippen MR) is 172 cm³/mol. The van der Waals surface area contributed by atoms with Crippen molar-refractivity contribution in [1.82, 2.24) is 29.8 Å². The van der Waals surface area contributed by atoms with Crippen molar-refractivity contribution in [2.45, 2.75) is 25.8 Å². The summed E-state index contributed by atoms with van der Waals surface area (Å²) < 4.78 is 0. The van der Waals surface area contributed by atoms with Gasteiger partial charge in [-0.25, -0.2) is 14.5 Å². The average Bonchev–Trinajstić information content (AvgIpc) is 3.18. The molecule has 0 aliphatic carbocycles. The van der Waals surface area contributed by atoms with E-state index in [4.69, 9.17) is 23.2 Å². The zero-order chi connectivity index (χ0) is 34.7. The Bertz CT molecular complexity index is 1300. The summed E-state index contributed by atoms with van der Waals surface area (Å²) in [5.41, 5.74) is 0.290. The first-order valence-electron chi connectivity index (χ1n) is 15.2. The minimum atomic E-state index is -1.17. The molecule has 0 unspecified atom stereocenters. The molecule has 4 N–H and O–H groups in total. The van der Waals surface area contributed by atoms with Crippen LogP contribution in [0.3, 0.4) is 0 Å². The van der Waals surface area contributed by atoms with Gasteiger partial charge in [-0.3, -0.25) is 33.9 Å². The number of rotatable bonds is 12. The van der Waals surface area contributed by atoms with Crippen molar-refractivity contribution in [3.63, 3.8) is 0 Å². The van der Waals surface area contributed by atoms with Crippen LogP contribution in [0, 0.1) is 0 Å². The topological polar surface area (TPSA) is 195 Å². The van der Waals surface area contributed by atoms with Gasteiger partial charge in [0, 0.05) is 75.5 Å². The highest BCUT2D eigenvalue weighted by atomic mass is 35.5. The largest absolute Gasteiger partial charge is 0.480 e. The number of unbranched alkanes of at least 4 members (excludes halogenated alkanes) is 1. The van der Waals surface area contributed by atoms with Crippen molar-refractivity contribution in [2.75, 3.05) is 90.0 Å². The van der Waals surface area contributed by atoms with Crippen LogP contribution in [0.15, 0.2) is 18.2 Å². The van der Waals surface area contributed by atoms with Crippen LogP contribution in [0.5, 0.6) is 0 Å². The first-order valence-corrected chi connectivity index (χ1v) is 16.0. The Balaban J connectivity index is 1.52. The van der Waals surface area contributed by atoms with Crippen molar-refractivity contribution in [1.29, 1.82) is 0 Å². The number of aliphatic carboxylic acids is 2. The van der Waals surface area contributed by atoms with Gasteiger partial charge in [-0.15, -0.1) is 0 Å². The summed E-state index contributed by atoms with van der Waals surface area (Å²) in [6.45, 7) is 3.13. The molecule has 18 heteroatoms. The van der Waals surface area contributed by atoms with Gasteiger partial charge in [0.25, 0.3) is 5.91 Å². The highest BCUT2D eigenvalue weighted by molar-refractivity contribution is 6.35. The van der Waals surface area contributed by atoms with E-state index in [1.54, 1.807) is 21.6 Å². The van der Waals surface area contributed by atoms with Crippen molar-refractivity contribution in [3.8, 4) is 0 Å². The standard InChI is InChI=1S/C29H41Cl2N7O9/c1-20-27(44)38(23-15-21(30)14-22(31)16-23)28(45)37(20)5-3-2-4-32-24(39)17-33-6-7-34(18-25(40)41)8-9-35(19-26(42)43)11-13-36(12-10-33)29(46)47/h14-16,20H,2-13,17-19H2,1H3,(H,32,39)(H,40,41)(H,42,43)(H,46,47)/t20-/m1/s1. The third-order valence-electron chi connectivity index (χ3n) is 7.93. The van der Waals surface area contributed by atoms with E-state index in [1.807, 2.05) is 0 Å². The van der Waals surface area contributed by atoms with Gasteiger partial charge >= 0.3 is 24.1 Å². The van der Waals surface area contributed by atoms with Gasteiger partial charge < -0.3 is 30.4 Å². The molecule has 0 aromatic heterocycles. The van der Waals surface area contributed by atoms with Crippen LogP contribution in [0.2, 0.25) is 10.0 Å². The fraction of sp³-hybridized carbons (Fsp3) is 0.586. The summed E-state index contributed by atoms with van der Waals surface area (Å²) in [6, 6.07) is 3.32. The molecule has 0 saturated carbocycles. The minimum absolute atomic E-state index is 0.0488. The number of hydrogen-bond acceptors (Lipinski definition) is 9. The van der Waals surface area contributed by atoms with Gasteiger partial charge in [-0.05, 0) is 38.0 Å². The molecule has 0 bridgehead atoms. The minimum Gasteiger partial charge on any atom is -0.480 e. The molecule has 2 aliphatic rings. The van der Waals surface area contributed by atoms with Crippen LogP contribution in [0.4, 0.5) is 15.3 Å². The molecule has 2 saturated heterocycles. The fourth-order valence-corrected chi connectivity index (χ4v) is 5.90. The summed E-state index contributed by atoms with van der Waals surface area (Å²) in [5.74, 6) is -2.81. The quantitative estimate of drug-likeness (QED) is 0.179. The molecule has 1 aromatic carbocycles. The molecule has 1 atom stereocenters. The van der Waals surface area contributed by atoms with E-state index in [2.05, 4.69) is 5.32 Å². The summed E-state index contributed by atoms with van der Waals surface area (Å²) in [5, 5.41) is 31.7. The first kappa shape index (κ1) is 37.8. The molecule has 16 nitrogen and oxygen atoms in total. The van der Waals surface area contributed by atoms with Gasteiger partial charge in [0.1, 0.15) is 6.04 Å². The molecule has 2 fully saturated rings. The van der Waals surface area contributed by atoms with Crippen molar-refractivity contribution in [2.24, 2.45) is 0 Å². The van der Waals surface area contributed by atoms with E-state index in [0.29, 0.717) is 35.1 Å². The van der Waals surface area contributed by atoms with E-state index < -0.39 is 36.0 Å². The van der Waals surface area contributed by atoms with E-state index >= 15 is 0 Å².